The minimum absolute atomic E-state index is 0.165. The average molecular weight is 414 g/mol. The summed E-state index contributed by atoms with van der Waals surface area (Å²) in [5.74, 6) is -0.811. The van der Waals surface area contributed by atoms with Crippen molar-refractivity contribution in [3.63, 3.8) is 0 Å². The first-order valence-electron chi connectivity index (χ1n) is 8.58. The molecule has 2 N–H and O–H groups in total. The quantitative estimate of drug-likeness (QED) is 0.612. The highest BCUT2D eigenvalue weighted by Gasteiger charge is 2.35. The molecule has 0 fully saturated rings. The van der Waals surface area contributed by atoms with E-state index in [4.69, 9.17) is 16.3 Å². The minimum Gasteiger partial charge on any atom is -0.497 e. The number of methoxy groups -OCH3 is 1. The monoisotopic (exact) mass is 413 g/mol. The first kappa shape index (κ1) is 18.5. The number of fused-ring (bicyclic) bond motifs is 1. The van der Waals surface area contributed by atoms with Gasteiger partial charge in [-0.05, 0) is 29.3 Å². The van der Waals surface area contributed by atoms with E-state index in [0.29, 0.717) is 27.6 Å². The highest BCUT2D eigenvalue weighted by atomic mass is 35.5. The zero-order valence-corrected chi connectivity index (χ0v) is 16.4. The van der Waals surface area contributed by atoms with Gasteiger partial charge in [-0.1, -0.05) is 41.9 Å². The number of aromatic carboxylic acids is 1. The molecule has 0 unspecified atom stereocenters. The maximum Gasteiger partial charge on any atom is 0.346 e. The van der Waals surface area contributed by atoms with E-state index in [9.17, 15) is 14.7 Å². The number of hydrogen-bond acceptors (Lipinski definition) is 4. The molecule has 1 aromatic heterocycles. The number of ether oxygens (including phenoxy) is 1. The number of anilines is 1. The molecular weight excluding hydrogens is 398 g/mol. The van der Waals surface area contributed by atoms with Crippen molar-refractivity contribution in [3.05, 3.63) is 68.9 Å². The number of hydrogen-bond donors (Lipinski definition) is 2. The maximum atomic E-state index is 12.5. The van der Waals surface area contributed by atoms with Crippen molar-refractivity contribution >= 4 is 40.5 Å². The molecule has 142 valence electrons. The molecule has 0 bridgehead atoms. The molecule has 0 aliphatic carbocycles. The normalized spacial score (nSPS) is 15.6. The van der Waals surface area contributed by atoms with Gasteiger partial charge >= 0.3 is 5.97 Å². The van der Waals surface area contributed by atoms with Crippen molar-refractivity contribution < 1.29 is 19.4 Å². The SMILES string of the molecule is COc1ccc(-c2c(C(=O)O)sc3c2NC(=O)C[C@@H]3c2ccccc2Cl)cc1. The smallest absolute Gasteiger partial charge is 0.346 e. The number of benzene rings is 2. The van der Waals surface area contributed by atoms with Crippen molar-refractivity contribution in [2.45, 2.75) is 12.3 Å². The second kappa shape index (κ2) is 7.30. The van der Waals surface area contributed by atoms with Gasteiger partial charge in [0.1, 0.15) is 10.6 Å². The summed E-state index contributed by atoms with van der Waals surface area (Å²) in [5.41, 5.74) is 2.59. The number of rotatable bonds is 4. The molecule has 2 aromatic carbocycles. The zero-order chi connectivity index (χ0) is 19.8. The van der Waals surface area contributed by atoms with E-state index >= 15 is 0 Å². The predicted molar refractivity (Wildman–Crippen MR) is 110 cm³/mol. The van der Waals surface area contributed by atoms with E-state index < -0.39 is 5.97 Å². The summed E-state index contributed by atoms with van der Waals surface area (Å²) in [7, 11) is 1.57. The van der Waals surface area contributed by atoms with Crippen LogP contribution in [0.4, 0.5) is 5.69 Å². The Kier molecular flexibility index (Phi) is 4.83. The molecule has 0 radical (unpaired) electrons. The van der Waals surface area contributed by atoms with Gasteiger partial charge in [-0.25, -0.2) is 4.79 Å². The summed E-state index contributed by atoms with van der Waals surface area (Å²) < 4.78 is 5.18. The lowest BCUT2D eigenvalue weighted by Gasteiger charge is -2.24. The number of carboxylic acid groups (broad SMARTS) is 1. The van der Waals surface area contributed by atoms with Crippen LogP contribution in [0.25, 0.3) is 11.1 Å². The molecule has 4 rings (SSSR count). The molecule has 1 aliphatic rings. The van der Waals surface area contributed by atoms with Crippen LogP contribution in [-0.2, 0) is 4.79 Å². The van der Waals surface area contributed by atoms with Crippen LogP contribution in [0.15, 0.2) is 48.5 Å². The Balaban J connectivity index is 1.93. The summed E-state index contributed by atoms with van der Waals surface area (Å²) in [6, 6.07) is 14.5. The lowest BCUT2D eigenvalue weighted by atomic mass is 9.88. The van der Waals surface area contributed by atoms with Crippen LogP contribution in [0.3, 0.4) is 0 Å². The predicted octanol–water partition coefficient (Wildman–Crippen LogP) is 5.25. The molecule has 0 spiro atoms. The number of nitrogens with one attached hydrogen (secondary N) is 1. The maximum absolute atomic E-state index is 12.5. The lowest BCUT2D eigenvalue weighted by molar-refractivity contribution is -0.116. The molecule has 1 amide bonds. The van der Waals surface area contributed by atoms with E-state index in [-0.39, 0.29) is 23.1 Å². The van der Waals surface area contributed by atoms with Gasteiger partial charge in [0, 0.05) is 27.8 Å². The Morgan fingerprint density at radius 2 is 1.93 bits per heavy atom. The van der Waals surface area contributed by atoms with Gasteiger partial charge in [-0.15, -0.1) is 11.3 Å². The van der Waals surface area contributed by atoms with Crippen molar-refractivity contribution in [3.8, 4) is 16.9 Å². The van der Waals surface area contributed by atoms with E-state index in [0.717, 1.165) is 10.4 Å². The summed E-state index contributed by atoms with van der Waals surface area (Å²) in [5, 5.41) is 13.2. The van der Waals surface area contributed by atoms with Crippen molar-refractivity contribution in [2.24, 2.45) is 0 Å². The lowest BCUT2D eigenvalue weighted by Crippen LogP contribution is -2.22. The molecular formula is C21H16ClNO4S. The van der Waals surface area contributed by atoms with Gasteiger partial charge in [-0.2, -0.15) is 0 Å². The number of carbonyl (C=O) groups excluding carboxylic acids is 1. The van der Waals surface area contributed by atoms with Crippen LogP contribution in [0.5, 0.6) is 5.75 Å². The molecule has 0 saturated carbocycles. The molecule has 3 aromatic rings. The highest BCUT2D eigenvalue weighted by Crippen LogP contribution is 2.50. The summed E-state index contributed by atoms with van der Waals surface area (Å²) in [6.07, 6.45) is 0.221. The number of thiophene rings is 1. The van der Waals surface area contributed by atoms with Gasteiger partial charge in [0.05, 0.1) is 12.8 Å². The van der Waals surface area contributed by atoms with E-state index in [1.807, 2.05) is 18.2 Å². The summed E-state index contributed by atoms with van der Waals surface area (Å²) in [6.45, 7) is 0. The third-order valence-corrected chi connectivity index (χ3v) is 6.40. The van der Waals surface area contributed by atoms with Gasteiger partial charge in [0.25, 0.3) is 0 Å². The number of amides is 1. The van der Waals surface area contributed by atoms with E-state index in [1.54, 1.807) is 37.4 Å². The molecule has 7 heteroatoms. The van der Waals surface area contributed by atoms with E-state index in [1.165, 1.54) is 11.3 Å². The fourth-order valence-corrected chi connectivity index (χ4v) is 4.98. The second-order valence-corrected chi connectivity index (χ2v) is 7.86. The zero-order valence-electron chi connectivity index (χ0n) is 14.9. The van der Waals surface area contributed by atoms with Gasteiger partial charge in [0.2, 0.25) is 5.91 Å². The molecule has 2 heterocycles. The fraction of sp³-hybridized carbons (Fsp3) is 0.143. The summed E-state index contributed by atoms with van der Waals surface area (Å²) >= 11 is 7.56. The summed E-state index contributed by atoms with van der Waals surface area (Å²) in [4.78, 5) is 25.4. The first-order valence-corrected chi connectivity index (χ1v) is 9.77. The van der Waals surface area contributed by atoms with Gasteiger partial charge in [0.15, 0.2) is 0 Å². The van der Waals surface area contributed by atoms with Crippen LogP contribution >= 0.6 is 22.9 Å². The molecule has 28 heavy (non-hydrogen) atoms. The van der Waals surface area contributed by atoms with Crippen molar-refractivity contribution in [2.75, 3.05) is 12.4 Å². The molecule has 0 saturated heterocycles. The van der Waals surface area contributed by atoms with Gasteiger partial charge < -0.3 is 15.2 Å². The molecule has 5 nitrogen and oxygen atoms in total. The first-order chi connectivity index (χ1) is 13.5. The third kappa shape index (κ3) is 3.15. The van der Waals surface area contributed by atoms with Crippen LogP contribution in [0.1, 0.15) is 32.5 Å². The third-order valence-electron chi connectivity index (χ3n) is 4.76. The fourth-order valence-electron chi connectivity index (χ4n) is 3.48. The number of carboxylic acids is 1. The van der Waals surface area contributed by atoms with Crippen LogP contribution < -0.4 is 10.1 Å². The number of carbonyl (C=O) groups is 2. The Morgan fingerprint density at radius 3 is 2.57 bits per heavy atom. The van der Waals surface area contributed by atoms with E-state index in [2.05, 4.69) is 5.32 Å². The highest BCUT2D eigenvalue weighted by molar-refractivity contribution is 7.15. The Bertz CT molecular complexity index is 1070. The Morgan fingerprint density at radius 1 is 1.21 bits per heavy atom. The largest absolute Gasteiger partial charge is 0.497 e. The van der Waals surface area contributed by atoms with Crippen LogP contribution in [0, 0.1) is 0 Å². The molecule has 1 aliphatic heterocycles. The number of halogens is 1. The standard InChI is InChI=1S/C21H16ClNO4S/c1-27-12-8-6-11(7-9-12)17-18-19(28-20(17)21(25)26)14(10-16(24)23-18)13-4-2-3-5-15(13)22/h2-9,14H,10H2,1H3,(H,23,24)(H,25,26)/t14-/m1/s1. The topological polar surface area (TPSA) is 75.6 Å². The van der Waals surface area contributed by atoms with Crippen molar-refractivity contribution in [1.29, 1.82) is 0 Å². The minimum atomic E-state index is -1.03. The van der Waals surface area contributed by atoms with Gasteiger partial charge in [-0.3, -0.25) is 4.79 Å². The Hall–Kier alpha value is -2.83. The van der Waals surface area contributed by atoms with Crippen molar-refractivity contribution in [1.82, 2.24) is 0 Å². The Labute approximate surface area is 170 Å². The van der Waals surface area contributed by atoms with Crippen LogP contribution in [0.2, 0.25) is 5.02 Å². The second-order valence-electron chi connectivity index (χ2n) is 6.41. The average Bonchev–Trinajstić information content (AvgIpc) is 3.07. The molecule has 1 atom stereocenters. The van der Waals surface area contributed by atoms with Crippen LogP contribution in [-0.4, -0.2) is 24.1 Å².